The lowest BCUT2D eigenvalue weighted by Gasteiger charge is -2.03. The number of imidazole rings is 1. The summed E-state index contributed by atoms with van der Waals surface area (Å²) in [5, 5.41) is 0. The van der Waals surface area contributed by atoms with E-state index in [1.807, 2.05) is 6.92 Å². The highest BCUT2D eigenvalue weighted by molar-refractivity contribution is 5.81. The first-order valence-electron chi connectivity index (χ1n) is 5.67. The number of nitrogens with two attached hydrogens (primary N) is 1. The molecule has 0 bridgehead atoms. The van der Waals surface area contributed by atoms with E-state index in [9.17, 15) is 0 Å². The maximum Gasteiger partial charge on any atom is 0.165 e. The minimum absolute atomic E-state index is 0.469. The van der Waals surface area contributed by atoms with E-state index in [-0.39, 0.29) is 0 Å². The quantitative estimate of drug-likeness (QED) is 0.797. The Bertz CT molecular complexity index is 488. The van der Waals surface area contributed by atoms with Crippen molar-refractivity contribution < 1.29 is 0 Å². The Hall–Kier alpha value is -1.65. The number of fused-ring (bicyclic) bond motifs is 1. The molecule has 0 fully saturated rings. The van der Waals surface area contributed by atoms with Gasteiger partial charge in [-0.1, -0.05) is 19.8 Å². The predicted molar refractivity (Wildman–Crippen MR) is 64.0 cm³/mol. The van der Waals surface area contributed by atoms with Crippen LogP contribution in [0.15, 0.2) is 6.33 Å². The summed E-state index contributed by atoms with van der Waals surface area (Å²) in [5.74, 6) is 1.17. The van der Waals surface area contributed by atoms with E-state index in [0.29, 0.717) is 17.2 Å². The van der Waals surface area contributed by atoms with E-state index in [1.54, 1.807) is 6.33 Å². The van der Waals surface area contributed by atoms with Gasteiger partial charge in [-0.2, -0.15) is 0 Å². The normalized spacial score (nSPS) is 11.1. The smallest absolute Gasteiger partial charge is 0.165 e. The van der Waals surface area contributed by atoms with Crippen LogP contribution in [0.3, 0.4) is 0 Å². The van der Waals surface area contributed by atoms with Crippen LogP contribution in [0.25, 0.3) is 11.2 Å². The Balaban J connectivity index is 2.32. The molecule has 86 valence electrons. The maximum absolute atomic E-state index is 5.80. The number of aromatic nitrogens is 4. The molecule has 0 unspecified atom stereocenters. The van der Waals surface area contributed by atoms with Crippen LogP contribution in [-0.4, -0.2) is 19.5 Å². The number of nitrogen functional groups attached to an aromatic ring is 1. The Morgan fingerprint density at radius 3 is 2.88 bits per heavy atom. The van der Waals surface area contributed by atoms with Crippen molar-refractivity contribution >= 4 is 17.0 Å². The second-order valence-corrected chi connectivity index (χ2v) is 3.97. The number of nitrogens with zero attached hydrogens (tertiary/aromatic N) is 4. The van der Waals surface area contributed by atoms with Crippen LogP contribution in [0.2, 0.25) is 0 Å². The summed E-state index contributed by atoms with van der Waals surface area (Å²) in [6.07, 6.45) is 5.37. The first-order chi connectivity index (χ1) is 7.72. The highest BCUT2D eigenvalue weighted by Crippen LogP contribution is 2.16. The number of rotatable bonds is 4. The van der Waals surface area contributed by atoms with Crippen LogP contribution in [0, 0.1) is 6.92 Å². The van der Waals surface area contributed by atoms with E-state index in [1.165, 1.54) is 12.8 Å². The lowest BCUT2D eigenvalue weighted by molar-refractivity contribution is 0.610. The first kappa shape index (κ1) is 10.9. The number of unbranched alkanes of at least 4 members (excludes halogenated alkanes) is 2. The zero-order valence-electron chi connectivity index (χ0n) is 9.77. The van der Waals surface area contributed by atoms with Gasteiger partial charge in [-0.15, -0.1) is 0 Å². The molecule has 0 spiro atoms. The van der Waals surface area contributed by atoms with Crippen molar-refractivity contribution in [3.8, 4) is 0 Å². The second-order valence-electron chi connectivity index (χ2n) is 3.97. The van der Waals surface area contributed by atoms with Gasteiger partial charge < -0.3 is 10.3 Å². The van der Waals surface area contributed by atoms with Gasteiger partial charge >= 0.3 is 0 Å². The van der Waals surface area contributed by atoms with Gasteiger partial charge in [0.25, 0.3) is 0 Å². The van der Waals surface area contributed by atoms with E-state index in [4.69, 9.17) is 5.73 Å². The first-order valence-corrected chi connectivity index (χ1v) is 5.67. The van der Waals surface area contributed by atoms with Gasteiger partial charge in [-0.25, -0.2) is 15.0 Å². The molecular weight excluding hydrogens is 202 g/mol. The van der Waals surface area contributed by atoms with E-state index in [2.05, 4.69) is 26.4 Å². The predicted octanol–water partition coefficient (Wildman–Crippen LogP) is 1.91. The molecule has 0 radical (unpaired) electrons. The Labute approximate surface area is 94.7 Å². The van der Waals surface area contributed by atoms with Crippen LogP contribution < -0.4 is 5.73 Å². The van der Waals surface area contributed by atoms with Gasteiger partial charge in [-0.05, 0) is 13.3 Å². The molecule has 0 atom stereocenters. The molecule has 2 N–H and O–H groups in total. The largest absolute Gasteiger partial charge is 0.382 e. The van der Waals surface area contributed by atoms with E-state index < -0.39 is 0 Å². The molecule has 0 saturated carbocycles. The van der Waals surface area contributed by atoms with Gasteiger partial charge in [-0.3, -0.25) is 0 Å². The van der Waals surface area contributed by atoms with Crippen LogP contribution in [0.1, 0.15) is 32.0 Å². The van der Waals surface area contributed by atoms with Crippen molar-refractivity contribution in [2.45, 2.75) is 39.7 Å². The molecule has 2 aromatic rings. The monoisotopic (exact) mass is 219 g/mol. The fourth-order valence-electron chi connectivity index (χ4n) is 1.78. The third-order valence-corrected chi connectivity index (χ3v) is 2.61. The second kappa shape index (κ2) is 4.47. The van der Waals surface area contributed by atoms with Crippen LogP contribution in [-0.2, 0) is 6.54 Å². The molecule has 0 amide bonds. The van der Waals surface area contributed by atoms with Crippen LogP contribution >= 0.6 is 0 Å². The molecule has 0 aliphatic rings. The molecule has 2 rings (SSSR count). The third-order valence-electron chi connectivity index (χ3n) is 2.61. The lowest BCUT2D eigenvalue weighted by atomic mass is 10.2. The zero-order chi connectivity index (χ0) is 11.5. The Kier molecular flexibility index (Phi) is 3.03. The summed E-state index contributed by atoms with van der Waals surface area (Å²) in [4.78, 5) is 12.7. The molecule has 0 aliphatic carbocycles. The molecule has 2 heterocycles. The van der Waals surface area contributed by atoms with Crippen molar-refractivity contribution in [1.82, 2.24) is 19.5 Å². The van der Waals surface area contributed by atoms with Gasteiger partial charge in [0, 0.05) is 6.54 Å². The van der Waals surface area contributed by atoms with E-state index in [0.717, 1.165) is 18.6 Å². The number of hydrogen-bond acceptors (Lipinski definition) is 4. The average molecular weight is 219 g/mol. The maximum atomic E-state index is 5.80. The van der Waals surface area contributed by atoms with Crippen molar-refractivity contribution in [2.75, 3.05) is 5.73 Å². The molecule has 5 heteroatoms. The van der Waals surface area contributed by atoms with Gasteiger partial charge in [0.2, 0.25) is 0 Å². The summed E-state index contributed by atoms with van der Waals surface area (Å²) in [6.45, 7) is 4.98. The third kappa shape index (κ3) is 1.98. The molecule has 16 heavy (non-hydrogen) atoms. The van der Waals surface area contributed by atoms with Gasteiger partial charge in [0.05, 0.1) is 6.33 Å². The molecule has 0 aliphatic heterocycles. The summed E-state index contributed by atoms with van der Waals surface area (Å²) in [7, 11) is 0. The van der Waals surface area contributed by atoms with Crippen molar-refractivity contribution in [3.63, 3.8) is 0 Å². The van der Waals surface area contributed by atoms with Crippen LogP contribution in [0.4, 0.5) is 5.82 Å². The SMILES string of the molecule is CCCCCn1cnc2c(N)nc(C)nc21. The van der Waals surface area contributed by atoms with Crippen molar-refractivity contribution in [3.05, 3.63) is 12.2 Å². The van der Waals surface area contributed by atoms with Crippen LogP contribution in [0.5, 0.6) is 0 Å². The highest BCUT2D eigenvalue weighted by Gasteiger charge is 2.08. The summed E-state index contributed by atoms with van der Waals surface area (Å²) >= 11 is 0. The summed E-state index contributed by atoms with van der Waals surface area (Å²) in [5.41, 5.74) is 7.36. The molecule has 5 nitrogen and oxygen atoms in total. The number of hydrogen-bond donors (Lipinski definition) is 1. The number of anilines is 1. The summed E-state index contributed by atoms with van der Waals surface area (Å²) in [6, 6.07) is 0. The van der Waals surface area contributed by atoms with Crippen molar-refractivity contribution in [2.24, 2.45) is 0 Å². The molecule has 0 aromatic carbocycles. The fourth-order valence-corrected chi connectivity index (χ4v) is 1.78. The van der Waals surface area contributed by atoms with Gasteiger partial charge in [0.1, 0.15) is 11.3 Å². The van der Waals surface area contributed by atoms with E-state index >= 15 is 0 Å². The molecule has 2 aromatic heterocycles. The highest BCUT2D eigenvalue weighted by atomic mass is 15.1. The minimum atomic E-state index is 0.469. The summed E-state index contributed by atoms with van der Waals surface area (Å²) < 4.78 is 2.05. The number of aryl methyl sites for hydroxylation is 2. The average Bonchev–Trinajstić information content (AvgIpc) is 2.62. The zero-order valence-corrected chi connectivity index (χ0v) is 9.77. The standard InChI is InChI=1S/C11H17N5/c1-3-4-5-6-16-7-13-9-10(12)14-8(2)15-11(9)16/h7H,3-6H2,1-2H3,(H2,12,14,15). The van der Waals surface area contributed by atoms with Gasteiger partial charge in [0.15, 0.2) is 11.5 Å². The van der Waals surface area contributed by atoms with Crippen molar-refractivity contribution in [1.29, 1.82) is 0 Å². The minimum Gasteiger partial charge on any atom is -0.382 e. The fraction of sp³-hybridized carbons (Fsp3) is 0.545. The Morgan fingerprint density at radius 2 is 2.12 bits per heavy atom. The lowest BCUT2D eigenvalue weighted by Crippen LogP contribution is -2.01. The molecular formula is C11H17N5. The molecule has 0 saturated heterocycles. The topological polar surface area (TPSA) is 69.6 Å². The Morgan fingerprint density at radius 1 is 1.31 bits per heavy atom.